The zero-order chi connectivity index (χ0) is 20.4. The standard InChI is InChI=1S/C21H20ClN5O2/c1-12-13(4-3-6-25-12)21(28)27-19-18-15(14-5-7-24-11-17(14)26-18)10-16(22)20(19)29-9-8-23-2/h3-7,10-11,23,26H,8-9H2,1-2H3,(H,27,28). The number of fused-ring (bicyclic) bond motifs is 3. The van der Waals surface area contributed by atoms with Crippen LogP contribution in [0.4, 0.5) is 5.69 Å². The number of anilines is 1. The van der Waals surface area contributed by atoms with E-state index in [1.54, 1.807) is 37.6 Å². The molecule has 1 amide bonds. The van der Waals surface area contributed by atoms with Crippen molar-refractivity contribution in [1.82, 2.24) is 20.3 Å². The van der Waals surface area contributed by atoms with Gasteiger partial charge in [0.1, 0.15) is 12.3 Å². The maximum Gasteiger partial charge on any atom is 0.257 e. The third kappa shape index (κ3) is 3.62. The van der Waals surface area contributed by atoms with Crippen molar-refractivity contribution in [3.63, 3.8) is 0 Å². The van der Waals surface area contributed by atoms with Crippen LogP contribution in [0, 0.1) is 6.92 Å². The van der Waals surface area contributed by atoms with Gasteiger partial charge in [-0.2, -0.15) is 0 Å². The number of hydrogen-bond donors (Lipinski definition) is 3. The van der Waals surface area contributed by atoms with Crippen LogP contribution in [0.5, 0.6) is 5.75 Å². The van der Waals surface area contributed by atoms with Crippen LogP contribution in [0.3, 0.4) is 0 Å². The van der Waals surface area contributed by atoms with E-state index in [2.05, 4.69) is 25.6 Å². The molecule has 0 unspecified atom stereocenters. The first-order valence-electron chi connectivity index (χ1n) is 9.18. The van der Waals surface area contributed by atoms with E-state index in [-0.39, 0.29) is 5.91 Å². The van der Waals surface area contributed by atoms with Gasteiger partial charge < -0.3 is 20.4 Å². The molecular weight excluding hydrogens is 390 g/mol. The minimum absolute atomic E-state index is 0.283. The highest BCUT2D eigenvalue weighted by Crippen LogP contribution is 2.42. The monoisotopic (exact) mass is 409 g/mol. The molecule has 4 rings (SSSR count). The third-order valence-electron chi connectivity index (χ3n) is 4.69. The number of carbonyl (C=O) groups is 1. The number of amides is 1. The summed E-state index contributed by atoms with van der Waals surface area (Å²) in [6, 6.07) is 7.21. The Labute approximate surface area is 172 Å². The van der Waals surface area contributed by atoms with Crippen molar-refractivity contribution >= 4 is 45.0 Å². The van der Waals surface area contributed by atoms with Gasteiger partial charge in [-0.15, -0.1) is 0 Å². The lowest BCUT2D eigenvalue weighted by atomic mass is 10.1. The molecule has 0 saturated carbocycles. The summed E-state index contributed by atoms with van der Waals surface area (Å²) in [5, 5.41) is 8.28. The zero-order valence-corrected chi connectivity index (χ0v) is 16.8. The Balaban J connectivity index is 1.87. The van der Waals surface area contributed by atoms with Gasteiger partial charge in [-0.25, -0.2) is 0 Å². The second-order valence-electron chi connectivity index (χ2n) is 6.57. The Morgan fingerprint density at radius 2 is 2.14 bits per heavy atom. The maximum atomic E-state index is 13.0. The minimum atomic E-state index is -0.283. The van der Waals surface area contributed by atoms with Crippen molar-refractivity contribution in [2.75, 3.05) is 25.5 Å². The van der Waals surface area contributed by atoms with Crippen LogP contribution in [0.1, 0.15) is 16.1 Å². The average Bonchev–Trinajstić information content (AvgIpc) is 3.09. The zero-order valence-electron chi connectivity index (χ0n) is 16.0. The number of rotatable bonds is 6. The smallest absolute Gasteiger partial charge is 0.257 e. The molecule has 148 valence electrons. The summed E-state index contributed by atoms with van der Waals surface area (Å²) in [5.41, 5.74) is 3.19. The topological polar surface area (TPSA) is 91.9 Å². The molecule has 0 radical (unpaired) electrons. The second-order valence-corrected chi connectivity index (χ2v) is 6.98. The van der Waals surface area contributed by atoms with Crippen LogP contribution in [0.25, 0.3) is 21.8 Å². The van der Waals surface area contributed by atoms with Gasteiger partial charge in [-0.05, 0) is 38.2 Å². The Bertz CT molecular complexity index is 1200. The van der Waals surface area contributed by atoms with E-state index < -0.39 is 0 Å². The fourth-order valence-corrected chi connectivity index (χ4v) is 3.52. The van der Waals surface area contributed by atoms with E-state index in [9.17, 15) is 4.79 Å². The van der Waals surface area contributed by atoms with E-state index >= 15 is 0 Å². The fourth-order valence-electron chi connectivity index (χ4n) is 3.26. The summed E-state index contributed by atoms with van der Waals surface area (Å²) < 4.78 is 5.92. The van der Waals surface area contributed by atoms with Crippen LogP contribution in [-0.2, 0) is 0 Å². The molecule has 0 bridgehead atoms. The van der Waals surface area contributed by atoms with E-state index in [4.69, 9.17) is 16.3 Å². The molecule has 29 heavy (non-hydrogen) atoms. The van der Waals surface area contributed by atoms with Gasteiger partial charge in [-0.1, -0.05) is 11.6 Å². The predicted octanol–water partition coefficient (Wildman–Crippen LogP) is 3.92. The lowest BCUT2D eigenvalue weighted by molar-refractivity contribution is 0.102. The Hall–Kier alpha value is -3.16. The molecule has 0 spiro atoms. The van der Waals surface area contributed by atoms with Crippen molar-refractivity contribution < 1.29 is 9.53 Å². The molecule has 0 saturated heterocycles. The molecule has 0 aliphatic rings. The van der Waals surface area contributed by atoms with Crippen molar-refractivity contribution in [2.45, 2.75) is 6.92 Å². The van der Waals surface area contributed by atoms with E-state index in [0.717, 1.165) is 21.8 Å². The summed E-state index contributed by atoms with van der Waals surface area (Å²) in [7, 11) is 1.84. The number of aromatic nitrogens is 3. The minimum Gasteiger partial charge on any atom is -0.488 e. The number of pyridine rings is 2. The summed E-state index contributed by atoms with van der Waals surface area (Å²) in [6.07, 6.45) is 5.11. The quantitative estimate of drug-likeness (QED) is 0.420. The molecule has 7 nitrogen and oxygen atoms in total. The Kier molecular flexibility index (Phi) is 5.33. The summed E-state index contributed by atoms with van der Waals surface area (Å²) in [6.45, 7) is 2.83. The van der Waals surface area contributed by atoms with E-state index in [1.807, 2.05) is 19.2 Å². The number of H-pyrrole nitrogens is 1. The van der Waals surface area contributed by atoms with Gasteiger partial charge in [0.25, 0.3) is 5.91 Å². The molecule has 3 N–H and O–H groups in total. The summed E-state index contributed by atoms with van der Waals surface area (Å²) in [4.78, 5) is 24.7. The number of halogens is 1. The van der Waals surface area contributed by atoms with E-state index in [0.29, 0.717) is 40.9 Å². The van der Waals surface area contributed by atoms with Crippen LogP contribution >= 0.6 is 11.6 Å². The number of aromatic amines is 1. The molecule has 1 aromatic carbocycles. The van der Waals surface area contributed by atoms with E-state index in [1.165, 1.54) is 0 Å². The molecule has 0 fully saturated rings. The fraction of sp³-hybridized carbons (Fsp3) is 0.190. The molecule has 0 atom stereocenters. The number of nitrogens with one attached hydrogen (secondary N) is 3. The van der Waals surface area contributed by atoms with Crippen molar-refractivity contribution in [1.29, 1.82) is 0 Å². The first-order chi connectivity index (χ1) is 14.1. The molecule has 0 aliphatic heterocycles. The van der Waals surface area contributed by atoms with Crippen molar-refractivity contribution in [2.24, 2.45) is 0 Å². The van der Waals surface area contributed by atoms with Crippen LogP contribution in [-0.4, -0.2) is 41.1 Å². The van der Waals surface area contributed by atoms with Gasteiger partial charge in [0.2, 0.25) is 0 Å². The number of likely N-dealkylation sites (N-methyl/N-ethyl adjacent to an activating group) is 1. The summed E-state index contributed by atoms with van der Waals surface area (Å²) >= 11 is 6.57. The second kappa shape index (κ2) is 8.06. The largest absolute Gasteiger partial charge is 0.488 e. The molecule has 3 aromatic heterocycles. The molecule has 8 heteroatoms. The summed E-state index contributed by atoms with van der Waals surface area (Å²) in [5.74, 6) is 0.137. The lowest BCUT2D eigenvalue weighted by Gasteiger charge is -2.16. The van der Waals surface area contributed by atoms with Gasteiger partial charge >= 0.3 is 0 Å². The molecule has 0 aliphatic carbocycles. The van der Waals surface area contributed by atoms with Gasteiger partial charge in [0.15, 0.2) is 5.75 Å². The normalized spacial score (nSPS) is 11.1. The Morgan fingerprint density at radius 3 is 2.93 bits per heavy atom. The van der Waals surface area contributed by atoms with Crippen LogP contribution in [0.15, 0.2) is 42.9 Å². The SMILES string of the molecule is CNCCOc1c(Cl)cc2c([nH]c3cnccc32)c1NC(=O)c1cccnc1C. The van der Waals surface area contributed by atoms with Gasteiger partial charge in [0, 0.05) is 35.4 Å². The number of nitrogens with zero attached hydrogens (tertiary/aromatic N) is 2. The van der Waals surface area contributed by atoms with Crippen LogP contribution in [0.2, 0.25) is 5.02 Å². The average molecular weight is 410 g/mol. The number of hydrogen-bond acceptors (Lipinski definition) is 5. The van der Waals surface area contributed by atoms with Crippen molar-refractivity contribution in [3.8, 4) is 5.75 Å². The highest BCUT2D eigenvalue weighted by Gasteiger charge is 2.21. The van der Waals surface area contributed by atoms with Gasteiger partial charge in [-0.3, -0.25) is 14.8 Å². The first kappa shape index (κ1) is 19.2. The third-order valence-corrected chi connectivity index (χ3v) is 4.97. The van der Waals surface area contributed by atoms with Crippen LogP contribution < -0.4 is 15.4 Å². The molecular formula is C21H20ClN5O2. The highest BCUT2D eigenvalue weighted by atomic mass is 35.5. The lowest BCUT2D eigenvalue weighted by Crippen LogP contribution is -2.18. The molecule has 3 heterocycles. The predicted molar refractivity (Wildman–Crippen MR) is 115 cm³/mol. The maximum absolute atomic E-state index is 13.0. The van der Waals surface area contributed by atoms with Crippen molar-refractivity contribution in [3.05, 3.63) is 59.1 Å². The number of ether oxygens (including phenoxy) is 1. The van der Waals surface area contributed by atoms with Gasteiger partial charge in [0.05, 0.1) is 27.8 Å². The Morgan fingerprint density at radius 1 is 1.28 bits per heavy atom. The number of benzene rings is 1. The number of aryl methyl sites for hydroxylation is 1. The first-order valence-corrected chi connectivity index (χ1v) is 9.56. The molecule has 4 aromatic rings. The number of carbonyl (C=O) groups excluding carboxylic acids is 1. The highest BCUT2D eigenvalue weighted by molar-refractivity contribution is 6.35.